The van der Waals surface area contributed by atoms with Crippen LogP contribution in [-0.2, 0) is 9.47 Å². The molecule has 0 saturated carbocycles. The van der Waals surface area contributed by atoms with E-state index in [9.17, 15) is 10.1 Å². The second-order valence-corrected chi connectivity index (χ2v) is 3.75. The van der Waals surface area contributed by atoms with Gasteiger partial charge in [0.2, 0.25) is 5.82 Å². The summed E-state index contributed by atoms with van der Waals surface area (Å²) in [5, 5.41) is 14.0. The first-order chi connectivity index (χ1) is 9.70. The standard InChI is InChI=1S/C11H18N4O5/c1-18-5-3-4-12-10-9(15(16)17)11(14-8-13-10)20-7-6-19-2/h8H,3-7H2,1-2H3,(H,12,13,14). The highest BCUT2D eigenvalue weighted by molar-refractivity contribution is 5.61. The van der Waals surface area contributed by atoms with E-state index in [4.69, 9.17) is 14.2 Å². The molecule has 0 saturated heterocycles. The van der Waals surface area contributed by atoms with Gasteiger partial charge in [-0.3, -0.25) is 10.1 Å². The fourth-order valence-electron chi connectivity index (χ4n) is 1.41. The SMILES string of the molecule is COCCCNc1ncnc(OCCOC)c1[N+](=O)[O-]. The fourth-order valence-corrected chi connectivity index (χ4v) is 1.41. The van der Waals surface area contributed by atoms with Crippen molar-refractivity contribution in [1.82, 2.24) is 9.97 Å². The van der Waals surface area contributed by atoms with Crippen molar-refractivity contribution in [3.63, 3.8) is 0 Å². The number of rotatable bonds is 10. The van der Waals surface area contributed by atoms with Gasteiger partial charge in [-0.05, 0) is 6.42 Å². The molecule has 1 heterocycles. The number of ether oxygens (including phenoxy) is 3. The van der Waals surface area contributed by atoms with Crippen molar-refractivity contribution in [3.8, 4) is 5.88 Å². The second kappa shape index (κ2) is 8.99. The molecule has 0 aliphatic rings. The lowest BCUT2D eigenvalue weighted by molar-refractivity contribution is -0.385. The number of hydrogen-bond acceptors (Lipinski definition) is 8. The Hall–Kier alpha value is -2.00. The molecular weight excluding hydrogens is 268 g/mol. The van der Waals surface area contributed by atoms with Crippen LogP contribution >= 0.6 is 0 Å². The van der Waals surface area contributed by atoms with E-state index in [0.717, 1.165) is 0 Å². The molecule has 0 radical (unpaired) electrons. The van der Waals surface area contributed by atoms with E-state index in [-0.39, 0.29) is 24.0 Å². The summed E-state index contributed by atoms with van der Waals surface area (Å²) in [6.07, 6.45) is 1.92. The highest BCUT2D eigenvalue weighted by Gasteiger charge is 2.24. The molecule has 20 heavy (non-hydrogen) atoms. The molecule has 0 spiro atoms. The number of hydrogen-bond donors (Lipinski definition) is 1. The summed E-state index contributed by atoms with van der Waals surface area (Å²) in [6, 6.07) is 0. The third-order valence-corrected chi connectivity index (χ3v) is 2.32. The van der Waals surface area contributed by atoms with Crippen LogP contribution in [0.1, 0.15) is 6.42 Å². The Morgan fingerprint density at radius 3 is 2.65 bits per heavy atom. The molecule has 0 aliphatic heterocycles. The van der Waals surface area contributed by atoms with Crippen LogP contribution in [0.3, 0.4) is 0 Å². The van der Waals surface area contributed by atoms with Crippen molar-refractivity contribution in [2.75, 3.05) is 45.9 Å². The highest BCUT2D eigenvalue weighted by Crippen LogP contribution is 2.30. The summed E-state index contributed by atoms with van der Waals surface area (Å²) in [7, 11) is 3.11. The molecule has 1 rings (SSSR count). The summed E-state index contributed by atoms with van der Waals surface area (Å²) in [5.74, 6) is 0.0600. The molecule has 0 aromatic carbocycles. The minimum absolute atomic E-state index is 0.0729. The van der Waals surface area contributed by atoms with E-state index >= 15 is 0 Å². The van der Waals surface area contributed by atoms with E-state index in [1.807, 2.05) is 0 Å². The largest absolute Gasteiger partial charge is 0.470 e. The zero-order chi connectivity index (χ0) is 14.8. The van der Waals surface area contributed by atoms with Gasteiger partial charge >= 0.3 is 5.69 Å². The minimum atomic E-state index is -0.569. The normalized spacial score (nSPS) is 10.3. The Labute approximate surface area is 116 Å². The lowest BCUT2D eigenvalue weighted by atomic mass is 10.4. The van der Waals surface area contributed by atoms with Crippen LogP contribution in [0, 0.1) is 10.1 Å². The van der Waals surface area contributed by atoms with Gasteiger partial charge in [-0.2, -0.15) is 4.98 Å². The summed E-state index contributed by atoms with van der Waals surface area (Å²) >= 11 is 0. The van der Waals surface area contributed by atoms with Gasteiger partial charge in [0.15, 0.2) is 0 Å². The third-order valence-electron chi connectivity index (χ3n) is 2.32. The first-order valence-corrected chi connectivity index (χ1v) is 6.04. The monoisotopic (exact) mass is 286 g/mol. The van der Waals surface area contributed by atoms with Gasteiger partial charge < -0.3 is 19.5 Å². The average Bonchev–Trinajstić information content (AvgIpc) is 2.43. The summed E-state index contributed by atoms with van der Waals surface area (Å²) in [4.78, 5) is 18.2. The lowest BCUT2D eigenvalue weighted by Gasteiger charge is -2.09. The van der Waals surface area contributed by atoms with Crippen LogP contribution in [0.5, 0.6) is 5.88 Å². The van der Waals surface area contributed by atoms with E-state index in [1.165, 1.54) is 13.4 Å². The van der Waals surface area contributed by atoms with E-state index in [2.05, 4.69) is 15.3 Å². The molecule has 112 valence electrons. The topological polar surface area (TPSA) is 109 Å². The average molecular weight is 286 g/mol. The molecule has 0 bridgehead atoms. The molecule has 1 aromatic heterocycles. The van der Waals surface area contributed by atoms with Crippen molar-refractivity contribution in [2.45, 2.75) is 6.42 Å². The van der Waals surface area contributed by atoms with E-state index in [0.29, 0.717) is 26.2 Å². The number of aromatic nitrogens is 2. The van der Waals surface area contributed by atoms with Crippen LogP contribution in [0.2, 0.25) is 0 Å². The Morgan fingerprint density at radius 1 is 1.25 bits per heavy atom. The first kappa shape index (κ1) is 16.1. The van der Waals surface area contributed by atoms with Gasteiger partial charge in [-0.15, -0.1) is 0 Å². The first-order valence-electron chi connectivity index (χ1n) is 6.04. The molecule has 0 fully saturated rings. The molecule has 0 aliphatic carbocycles. The Bertz CT molecular complexity index is 429. The number of nitrogens with one attached hydrogen (secondary N) is 1. The van der Waals surface area contributed by atoms with Crippen molar-refractivity contribution in [2.24, 2.45) is 0 Å². The smallest absolute Gasteiger partial charge is 0.372 e. The fraction of sp³-hybridized carbons (Fsp3) is 0.636. The zero-order valence-electron chi connectivity index (χ0n) is 11.5. The molecule has 0 amide bonds. The number of methoxy groups -OCH3 is 2. The van der Waals surface area contributed by atoms with Crippen LogP contribution in [-0.4, -0.2) is 55.5 Å². The maximum atomic E-state index is 11.1. The van der Waals surface area contributed by atoms with Crippen molar-refractivity contribution in [3.05, 3.63) is 16.4 Å². The molecular formula is C11H18N4O5. The second-order valence-electron chi connectivity index (χ2n) is 3.75. The summed E-state index contributed by atoms with van der Waals surface area (Å²) in [5.41, 5.74) is -0.277. The number of nitrogens with zero attached hydrogens (tertiary/aromatic N) is 3. The number of anilines is 1. The molecule has 1 N–H and O–H groups in total. The third kappa shape index (κ3) is 4.94. The van der Waals surface area contributed by atoms with Crippen molar-refractivity contribution < 1.29 is 19.1 Å². The van der Waals surface area contributed by atoms with Crippen LogP contribution in [0.15, 0.2) is 6.33 Å². The molecule has 0 atom stereocenters. The van der Waals surface area contributed by atoms with Crippen molar-refractivity contribution >= 4 is 11.5 Å². The van der Waals surface area contributed by atoms with Crippen molar-refractivity contribution in [1.29, 1.82) is 0 Å². The van der Waals surface area contributed by atoms with Crippen LogP contribution < -0.4 is 10.1 Å². The predicted octanol–water partition coefficient (Wildman–Crippen LogP) is 0.858. The van der Waals surface area contributed by atoms with E-state index in [1.54, 1.807) is 7.11 Å². The van der Waals surface area contributed by atoms with Gasteiger partial charge in [0.1, 0.15) is 12.9 Å². The van der Waals surface area contributed by atoms with E-state index < -0.39 is 4.92 Å². The maximum absolute atomic E-state index is 11.1. The van der Waals surface area contributed by atoms with Crippen LogP contribution in [0.25, 0.3) is 0 Å². The minimum Gasteiger partial charge on any atom is -0.470 e. The summed E-state index contributed by atoms with van der Waals surface area (Å²) in [6.45, 7) is 1.56. The highest BCUT2D eigenvalue weighted by atomic mass is 16.6. The molecule has 0 unspecified atom stereocenters. The molecule has 9 nitrogen and oxygen atoms in total. The summed E-state index contributed by atoms with van der Waals surface area (Å²) < 4.78 is 14.9. The van der Waals surface area contributed by atoms with Gasteiger partial charge in [-0.1, -0.05) is 0 Å². The quantitative estimate of drug-likeness (QED) is 0.383. The van der Waals surface area contributed by atoms with Gasteiger partial charge in [-0.25, -0.2) is 4.98 Å². The van der Waals surface area contributed by atoms with Crippen LogP contribution in [0.4, 0.5) is 11.5 Å². The zero-order valence-corrected chi connectivity index (χ0v) is 11.5. The Morgan fingerprint density at radius 2 is 2.00 bits per heavy atom. The molecule has 9 heteroatoms. The predicted molar refractivity (Wildman–Crippen MR) is 71.0 cm³/mol. The number of nitro groups is 1. The van der Waals surface area contributed by atoms with Gasteiger partial charge in [0, 0.05) is 27.4 Å². The van der Waals surface area contributed by atoms with Gasteiger partial charge in [0.05, 0.1) is 11.5 Å². The maximum Gasteiger partial charge on any atom is 0.372 e. The lowest BCUT2D eigenvalue weighted by Crippen LogP contribution is -2.12. The Balaban J connectivity index is 2.76. The molecule has 1 aromatic rings. The van der Waals surface area contributed by atoms with Gasteiger partial charge in [0.25, 0.3) is 5.88 Å². The Kier molecular flexibility index (Phi) is 7.22.